The molecule has 22 heavy (non-hydrogen) atoms. The van der Waals surface area contributed by atoms with Gasteiger partial charge in [-0.15, -0.1) is 0 Å². The number of hydrogen-bond donors (Lipinski definition) is 2. The Morgan fingerprint density at radius 3 is 2.55 bits per heavy atom. The van der Waals surface area contributed by atoms with E-state index in [4.69, 9.17) is 5.73 Å². The van der Waals surface area contributed by atoms with Crippen molar-refractivity contribution in [2.45, 2.75) is 6.42 Å². The standard InChI is InChI=1S/C16H17N3O3/c17-9-4-10-18-15-8-7-13(19(21)22)11-14(15)16(20)12-5-2-1-3-6-12/h1-3,5-8,11,18H,4,9-10,17H2. The van der Waals surface area contributed by atoms with Gasteiger partial charge in [0.15, 0.2) is 5.78 Å². The van der Waals surface area contributed by atoms with E-state index in [1.54, 1.807) is 30.3 Å². The van der Waals surface area contributed by atoms with Gasteiger partial charge in [0.05, 0.1) is 10.5 Å². The molecule has 2 aromatic carbocycles. The van der Waals surface area contributed by atoms with Crippen LogP contribution in [0.25, 0.3) is 0 Å². The van der Waals surface area contributed by atoms with Crippen LogP contribution in [0.3, 0.4) is 0 Å². The van der Waals surface area contributed by atoms with E-state index in [9.17, 15) is 14.9 Å². The second-order valence-corrected chi connectivity index (χ2v) is 4.75. The van der Waals surface area contributed by atoms with Gasteiger partial charge in [-0.05, 0) is 19.0 Å². The maximum atomic E-state index is 12.6. The van der Waals surface area contributed by atoms with E-state index in [0.717, 1.165) is 6.42 Å². The van der Waals surface area contributed by atoms with E-state index in [2.05, 4.69) is 5.32 Å². The van der Waals surface area contributed by atoms with Crippen LogP contribution in [0, 0.1) is 10.1 Å². The highest BCUT2D eigenvalue weighted by molar-refractivity contribution is 6.12. The number of nitrogens with one attached hydrogen (secondary N) is 1. The number of nitrogens with zero attached hydrogens (tertiary/aromatic N) is 1. The predicted molar refractivity (Wildman–Crippen MR) is 85.1 cm³/mol. The third-order valence-corrected chi connectivity index (χ3v) is 3.19. The highest BCUT2D eigenvalue weighted by atomic mass is 16.6. The van der Waals surface area contributed by atoms with Gasteiger partial charge in [-0.1, -0.05) is 30.3 Å². The zero-order valence-electron chi connectivity index (χ0n) is 12.0. The average Bonchev–Trinajstić information content (AvgIpc) is 2.55. The van der Waals surface area contributed by atoms with Crippen molar-refractivity contribution in [2.75, 3.05) is 18.4 Å². The summed E-state index contributed by atoms with van der Waals surface area (Å²) in [5.74, 6) is -0.250. The van der Waals surface area contributed by atoms with Crippen molar-refractivity contribution in [3.63, 3.8) is 0 Å². The first kappa shape index (κ1) is 15.7. The summed E-state index contributed by atoms with van der Waals surface area (Å²) in [6.07, 6.45) is 0.746. The second kappa shape index (κ2) is 7.33. The zero-order valence-corrected chi connectivity index (χ0v) is 12.0. The molecule has 2 aromatic rings. The molecule has 0 amide bonds. The van der Waals surface area contributed by atoms with E-state index in [1.165, 1.54) is 12.1 Å². The molecule has 6 nitrogen and oxygen atoms in total. The molecule has 0 heterocycles. The summed E-state index contributed by atoms with van der Waals surface area (Å²) < 4.78 is 0. The lowest BCUT2D eigenvalue weighted by atomic mass is 10.0. The second-order valence-electron chi connectivity index (χ2n) is 4.75. The van der Waals surface area contributed by atoms with Crippen LogP contribution in [-0.2, 0) is 0 Å². The lowest BCUT2D eigenvalue weighted by Crippen LogP contribution is -2.12. The normalized spacial score (nSPS) is 10.2. The van der Waals surface area contributed by atoms with Gasteiger partial charge >= 0.3 is 0 Å². The van der Waals surface area contributed by atoms with Gasteiger partial charge in [-0.2, -0.15) is 0 Å². The molecule has 0 aliphatic carbocycles. The summed E-state index contributed by atoms with van der Waals surface area (Å²) in [6, 6.07) is 12.9. The fourth-order valence-corrected chi connectivity index (χ4v) is 2.06. The van der Waals surface area contributed by atoms with E-state index < -0.39 is 4.92 Å². The number of non-ortho nitro benzene ring substituents is 1. The van der Waals surface area contributed by atoms with E-state index in [-0.39, 0.29) is 17.0 Å². The van der Waals surface area contributed by atoms with Crippen LogP contribution in [0.2, 0.25) is 0 Å². The lowest BCUT2D eigenvalue weighted by Gasteiger charge is -2.11. The number of ketones is 1. The first-order chi connectivity index (χ1) is 10.6. The molecule has 0 aromatic heterocycles. The topological polar surface area (TPSA) is 98.3 Å². The minimum absolute atomic E-state index is 0.108. The molecule has 0 atom stereocenters. The van der Waals surface area contributed by atoms with Gasteiger partial charge in [0, 0.05) is 29.9 Å². The van der Waals surface area contributed by atoms with Crippen LogP contribution in [-0.4, -0.2) is 23.8 Å². The van der Waals surface area contributed by atoms with E-state index in [0.29, 0.717) is 24.3 Å². The SMILES string of the molecule is NCCCNc1ccc([N+](=O)[O-])cc1C(=O)c1ccccc1. The molecule has 0 fully saturated rings. The molecule has 0 unspecified atom stereocenters. The molecule has 0 saturated heterocycles. The van der Waals surface area contributed by atoms with E-state index in [1.807, 2.05) is 6.07 Å². The van der Waals surface area contributed by atoms with Crippen molar-refractivity contribution in [3.05, 3.63) is 69.8 Å². The minimum atomic E-state index is -0.508. The Labute approximate surface area is 128 Å². The third kappa shape index (κ3) is 3.67. The van der Waals surface area contributed by atoms with Gasteiger partial charge in [0.25, 0.3) is 5.69 Å². The smallest absolute Gasteiger partial charge is 0.270 e. The van der Waals surface area contributed by atoms with Crippen LogP contribution in [0.15, 0.2) is 48.5 Å². The fraction of sp³-hybridized carbons (Fsp3) is 0.188. The quantitative estimate of drug-likeness (QED) is 0.354. The molecular formula is C16H17N3O3. The van der Waals surface area contributed by atoms with Crippen molar-refractivity contribution in [3.8, 4) is 0 Å². The predicted octanol–water partition coefficient (Wildman–Crippen LogP) is 2.59. The van der Waals surface area contributed by atoms with Crippen LogP contribution in [0.5, 0.6) is 0 Å². The number of nitro groups is 1. The summed E-state index contributed by atoms with van der Waals surface area (Å²) in [4.78, 5) is 23.0. The first-order valence-corrected chi connectivity index (χ1v) is 6.95. The molecule has 0 aliphatic rings. The Kier molecular flexibility index (Phi) is 5.21. The van der Waals surface area contributed by atoms with Crippen LogP contribution in [0.1, 0.15) is 22.3 Å². The summed E-state index contributed by atoms with van der Waals surface area (Å²) >= 11 is 0. The zero-order chi connectivity index (χ0) is 15.9. The Bertz CT molecular complexity index is 672. The minimum Gasteiger partial charge on any atom is -0.384 e. The number of hydrogen-bond acceptors (Lipinski definition) is 5. The van der Waals surface area contributed by atoms with Gasteiger partial charge < -0.3 is 11.1 Å². The van der Waals surface area contributed by atoms with Gasteiger partial charge in [-0.3, -0.25) is 14.9 Å². The third-order valence-electron chi connectivity index (χ3n) is 3.19. The number of benzene rings is 2. The Balaban J connectivity index is 2.38. The Morgan fingerprint density at radius 1 is 1.18 bits per heavy atom. The molecule has 0 bridgehead atoms. The van der Waals surface area contributed by atoms with Crippen molar-refractivity contribution in [2.24, 2.45) is 5.73 Å². The van der Waals surface area contributed by atoms with Crippen LogP contribution in [0.4, 0.5) is 11.4 Å². The van der Waals surface area contributed by atoms with Gasteiger partial charge in [-0.25, -0.2) is 0 Å². The van der Waals surface area contributed by atoms with E-state index >= 15 is 0 Å². The number of nitrogens with two attached hydrogens (primary N) is 1. The summed E-state index contributed by atoms with van der Waals surface area (Å²) in [7, 11) is 0. The van der Waals surface area contributed by atoms with Crippen molar-refractivity contribution in [1.82, 2.24) is 0 Å². The van der Waals surface area contributed by atoms with Crippen molar-refractivity contribution < 1.29 is 9.72 Å². The largest absolute Gasteiger partial charge is 0.384 e. The summed E-state index contributed by atoms with van der Waals surface area (Å²) in [5, 5.41) is 14.0. The molecule has 0 aliphatic heterocycles. The Hall–Kier alpha value is -2.73. The molecule has 114 valence electrons. The number of rotatable bonds is 7. The summed E-state index contributed by atoms with van der Waals surface area (Å²) in [5.41, 5.74) is 6.70. The molecule has 0 spiro atoms. The van der Waals surface area contributed by atoms with Gasteiger partial charge in [0.1, 0.15) is 0 Å². The highest BCUT2D eigenvalue weighted by Crippen LogP contribution is 2.24. The Morgan fingerprint density at radius 2 is 1.91 bits per heavy atom. The number of carbonyl (C=O) groups is 1. The van der Waals surface area contributed by atoms with Crippen molar-refractivity contribution in [1.29, 1.82) is 0 Å². The molecule has 2 rings (SSSR count). The number of anilines is 1. The molecule has 3 N–H and O–H groups in total. The maximum absolute atomic E-state index is 12.6. The van der Waals surface area contributed by atoms with Crippen LogP contribution < -0.4 is 11.1 Å². The maximum Gasteiger partial charge on any atom is 0.270 e. The van der Waals surface area contributed by atoms with Crippen LogP contribution >= 0.6 is 0 Å². The first-order valence-electron chi connectivity index (χ1n) is 6.95. The molecule has 0 saturated carbocycles. The molecule has 0 radical (unpaired) electrons. The molecule has 6 heteroatoms. The average molecular weight is 299 g/mol. The van der Waals surface area contributed by atoms with Gasteiger partial charge in [0.2, 0.25) is 0 Å². The highest BCUT2D eigenvalue weighted by Gasteiger charge is 2.17. The molecular weight excluding hydrogens is 282 g/mol. The van der Waals surface area contributed by atoms with Crippen molar-refractivity contribution >= 4 is 17.2 Å². The fourth-order valence-electron chi connectivity index (χ4n) is 2.06. The lowest BCUT2D eigenvalue weighted by molar-refractivity contribution is -0.384. The monoisotopic (exact) mass is 299 g/mol. The summed E-state index contributed by atoms with van der Waals surface area (Å²) in [6.45, 7) is 1.13. The number of carbonyl (C=O) groups excluding carboxylic acids is 1. The number of nitro benzene ring substituents is 1.